The molecule has 0 atom stereocenters. The Morgan fingerprint density at radius 1 is 1.00 bits per heavy atom. The molecular formula is C22H19BrCl2N2O3S. The highest BCUT2D eigenvalue weighted by atomic mass is 79.9. The molecule has 0 saturated carbocycles. The molecule has 0 heterocycles. The predicted octanol–water partition coefficient (Wildman–Crippen LogP) is 5.89. The van der Waals surface area contributed by atoms with Crippen LogP contribution in [0.25, 0.3) is 0 Å². The number of hydrogen-bond acceptors (Lipinski definition) is 3. The van der Waals surface area contributed by atoms with Crippen LogP contribution in [0.15, 0.2) is 76.1 Å². The number of carbonyl (C=O) groups is 1. The topological polar surface area (TPSA) is 66.5 Å². The fraction of sp³-hybridized carbons (Fsp3) is 0.136. The molecule has 3 aromatic carbocycles. The van der Waals surface area contributed by atoms with Gasteiger partial charge in [0.15, 0.2) is 0 Å². The molecule has 0 saturated heterocycles. The zero-order valence-corrected chi connectivity index (χ0v) is 20.4. The summed E-state index contributed by atoms with van der Waals surface area (Å²) in [4.78, 5) is 12.8. The van der Waals surface area contributed by atoms with Gasteiger partial charge in [0.1, 0.15) is 0 Å². The van der Waals surface area contributed by atoms with Crippen LogP contribution in [-0.2, 0) is 21.4 Å². The number of nitrogens with zero attached hydrogens (tertiary/aromatic N) is 1. The van der Waals surface area contributed by atoms with Gasteiger partial charge in [0.05, 0.1) is 21.5 Å². The molecule has 0 unspecified atom stereocenters. The summed E-state index contributed by atoms with van der Waals surface area (Å²) in [5.41, 5.74) is 2.12. The summed E-state index contributed by atoms with van der Waals surface area (Å²) in [7, 11) is -3.96. The number of carbonyl (C=O) groups excluding carboxylic acids is 1. The van der Waals surface area contributed by atoms with Crippen molar-refractivity contribution in [1.82, 2.24) is 4.31 Å². The van der Waals surface area contributed by atoms with Gasteiger partial charge in [-0.15, -0.1) is 0 Å². The fourth-order valence-electron chi connectivity index (χ4n) is 2.89. The Hall–Kier alpha value is -1.90. The lowest BCUT2D eigenvalue weighted by Crippen LogP contribution is -2.37. The first kappa shape index (κ1) is 23.8. The number of amides is 1. The van der Waals surface area contributed by atoms with Crippen molar-refractivity contribution in [3.05, 3.63) is 92.4 Å². The smallest absolute Gasteiger partial charge is 0.243 e. The van der Waals surface area contributed by atoms with Crippen LogP contribution in [0.5, 0.6) is 0 Å². The summed E-state index contributed by atoms with van der Waals surface area (Å²) in [6.07, 6.45) is 0. The molecule has 0 spiro atoms. The largest absolute Gasteiger partial charge is 0.325 e. The Kier molecular flexibility index (Phi) is 7.78. The van der Waals surface area contributed by atoms with E-state index in [2.05, 4.69) is 21.2 Å². The number of benzene rings is 3. The summed E-state index contributed by atoms with van der Waals surface area (Å²) in [5.74, 6) is -0.449. The molecule has 9 heteroatoms. The molecule has 3 rings (SSSR count). The van der Waals surface area contributed by atoms with Crippen LogP contribution in [0.2, 0.25) is 10.0 Å². The number of hydrogen-bond donors (Lipinski definition) is 1. The Labute approximate surface area is 200 Å². The van der Waals surface area contributed by atoms with Crippen molar-refractivity contribution in [2.75, 3.05) is 11.9 Å². The van der Waals surface area contributed by atoms with Crippen LogP contribution in [0, 0.1) is 6.92 Å². The monoisotopic (exact) mass is 540 g/mol. The second-order valence-electron chi connectivity index (χ2n) is 6.84. The third-order valence-corrected chi connectivity index (χ3v) is 7.61. The zero-order valence-electron chi connectivity index (χ0n) is 16.5. The molecule has 162 valence electrons. The highest BCUT2D eigenvalue weighted by molar-refractivity contribution is 9.10. The van der Waals surface area contributed by atoms with E-state index in [1.54, 1.807) is 42.5 Å². The standard InChI is InChI=1S/C22H19BrCl2N2O3S/c1-15-4-2-3-5-21(15)26-22(28)14-27(13-16-6-11-19(24)20(25)12-16)31(29,30)18-9-7-17(23)8-10-18/h2-12H,13-14H2,1H3,(H,26,28). The SMILES string of the molecule is Cc1ccccc1NC(=O)CN(Cc1ccc(Cl)c(Cl)c1)S(=O)(=O)c1ccc(Br)cc1. The van der Waals surface area contributed by atoms with Gasteiger partial charge in [-0.25, -0.2) is 8.42 Å². The second-order valence-corrected chi connectivity index (χ2v) is 10.5. The van der Waals surface area contributed by atoms with E-state index in [1.165, 1.54) is 12.1 Å². The van der Waals surface area contributed by atoms with Crippen LogP contribution in [0.1, 0.15) is 11.1 Å². The first-order valence-electron chi connectivity index (χ1n) is 9.22. The average molecular weight is 542 g/mol. The van der Waals surface area contributed by atoms with Crippen molar-refractivity contribution in [3.8, 4) is 0 Å². The molecule has 0 bridgehead atoms. The number of anilines is 1. The first-order valence-corrected chi connectivity index (χ1v) is 12.2. The number of para-hydroxylation sites is 1. The minimum Gasteiger partial charge on any atom is -0.325 e. The highest BCUT2D eigenvalue weighted by Crippen LogP contribution is 2.26. The number of aryl methyl sites for hydroxylation is 1. The molecule has 0 aromatic heterocycles. The second kappa shape index (κ2) is 10.1. The van der Waals surface area contributed by atoms with E-state index in [1.807, 2.05) is 19.1 Å². The fourth-order valence-corrected chi connectivity index (χ4v) is 4.86. The minimum atomic E-state index is -3.96. The van der Waals surface area contributed by atoms with Crippen LogP contribution in [-0.4, -0.2) is 25.2 Å². The lowest BCUT2D eigenvalue weighted by molar-refractivity contribution is -0.116. The van der Waals surface area contributed by atoms with Gasteiger partial charge in [-0.05, 0) is 60.5 Å². The minimum absolute atomic E-state index is 0.0452. The van der Waals surface area contributed by atoms with E-state index < -0.39 is 15.9 Å². The quantitative estimate of drug-likeness (QED) is 0.405. The predicted molar refractivity (Wildman–Crippen MR) is 128 cm³/mol. The van der Waals surface area contributed by atoms with Gasteiger partial charge in [-0.2, -0.15) is 4.31 Å². The molecular weight excluding hydrogens is 523 g/mol. The molecule has 0 aliphatic heterocycles. The Bertz CT molecular complexity index is 1200. The molecule has 0 aliphatic carbocycles. The summed E-state index contributed by atoms with van der Waals surface area (Å²) >= 11 is 15.4. The van der Waals surface area contributed by atoms with E-state index in [4.69, 9.17) is 23.2 Å². The molecule has 0 fully saturated rings. The first-order chi connectivity index (χ1) is 14.7. The van der Waals surface area contributed by atoms with Crippen LogP contribution in [0.4, 0.5) is 5.69 Å². The van der Waals surface area contributed by atoms with E-state index in [9.17, 15) is 13.2 Å². The summed E-state index contributed by atoms with van der Waals surface area (Å²) < 4.78 is 28.5. The van der Waals surface area contributed by atoms with Crippen molar-refractivity contribution in [2.45, 2.75) is 18.4 Å². The highest BCUT2D eigenvalue weighted by Gasteiger charge is 2.27. The third-order valence-electron chi connectivity index (χ3n) is 4.53. The Morgan fingerprint density at radius 3 is 2.32 bits per heavy atom. The summed E-state index contributed by atoms with van der Waals surface area (Å²) in [5, 5.41) is 3.46. The van der Waals surface area contributed by atoms with Gasteiger partial charge >= 0.3 is 0 Å². The van der Waals surface area contributed by atoms with Gasteiger partial charge < -0.3 is 5.32 Å². The van der Waals surface area contributed by atoms with Crippen LogP contribution in [0.3, 0.4) is 0 Å². The van der Waals surface area contributed by atoms with E-state index in [-0.39, 0.29) is 18.0 Å². The van der Waals surface area contributed by atoms with Gasteiger partial charge in [-0.1, -0.05) is 63.4 Å². The van der Waals surface area contributed by atoms with E-state index in [0.717, 1.165) is 14.3 Å². The third kappa shape index (κ3) is 6.08. The van der Waals surface area contributed by atoms with Crippen molar-refractivity contribution in [3.63, 3.8) is 0 Å². The van der Waals surface area contributed by atoms with E-state index in [0.29, 0.717) is 21.3 Å². The van der Waals surface area contributed by atoms with Gasteiger partial charge in [0.2, 0.25) is 15.9 Å². The Morgan fingerprint density at radius 2 is 1.68 bits per heavy atom. The van der Waals surface area contributed by atoms with Crippen molar-refractivity contribution >= 4 is 60.7 Å². The Balaban J connectivity index is 1.91. The maximum atomic E-state index is 13.3. The average Bonchev–Trinajstić information content (AvgIpc) is 2.72. The molecule has 5 nitrogen and oxygen atoms in total. The lowest BCUT2D eigenvalue weighted by Gasteiger charge is -2.22. The van der Waals surface area contributed by atoms with Crippen LogP contribution >= 0.6 is 39.1 Å². The molecule has 0 radical (unpaired) electrons. The molecule has 0 aliphatic rings. The van der Waals surface area contributed by atoms with Crippen molar-refractivity contribution in [2.24, 2.45) is 0 Å². The number of halogens is 3. The van der Waals surface area contributed by atoms with Gasteiger partial charge in [-0.3, -0.25) is 4.79 Å². The van der Waals surface area contributed by atoms with Crippen molar-refractivity contribution < 1.29 is 13.2 Å². The molecule has 31 heavy (non-hydrogen) atoms. The normalized spacial score (nSPS) is 11.5. The van der Waals surface area contributed by atoms with Gasteiger partial charge in [0, 0.05) is 16.7 Å². The van der Waals surface area contributed by atoms with E-state index >= 15 is 0 Å². The van der Waals surface area contributed by atoms with Crippen molar-refractivity contribution in [1.29, 1.82) is 0 Å². The number of nitrogens with one attached hydrogen (secondary N) is 1. The number of sulfonamides is 1. The maximum Gasteiger partial charge on any atom is 0.243 e. The molecule has 1 amide bonds. The zero-order chi connectivity index (χ0) is 22.6. The lowest BCUT2D eigenvalue weighted by atomic mass is 10.2. The molecule has 1 N–H and O–H groups in total. The summed E-state index contributed by atoms with van der Waals surface area (Å²) in [6.45, 7) is 1.45. The number of rotatable bonds is 7. The maximum absolute atomic E-state index is 13.3. The van der Waals surface area contributed by atoms with Gasteiger partial charge in [0.25, 0.3) is 0 Å². The summed E-state index contributed by atoms with van der Waals surface area (Å²) in [6, 6.07) is 18.4. The van der Waals surface area contributed by atoms with Crippen LogP contribution < -0.4 is 5.32 Å². The molecule has 3 aromatic rings.